The van der Waals surface area contributed by atoms with Crippen molar-refractivity contribution in [1.29, 1.82) is 0 Å². The van der Waals surface area contributed by atoms with Crippen molar-refractivity contribution in [3.63, 3.8) is 0 Å². The van der Waals surface area contributed by atoms with Gasteiger partial charge in [-0.15, -0.1) is 0 Å². The third-order valence-corrected chi connectivity index (χ3v) is 3.71. The maximum absolute atomic E-state index is 13.9. The van der Waals surface area contributed by atoms with Crippen molar-refractivity contribution in [2.45, 2.75) is 25.3 Å². The van der Waals surface area contributed by atoms with Crippen molar-refractivity contribution < 1.29 is 18.7 Å². The summed E-state index contributed by atoms with van der Waals surface area (Å²) < 4.78 is 18.6. The van der Waals surface area contributed by atoms with Gasteiger partial charge in [0.1, 0.15) is 6.04 Å². The lowest BCUT2D eigenvalue weighted by molar-refractivity contribution is -0.147. The number of hydrogen-bond acceptors (Lipinski definition) is 3. The normalized spacial score (nSPS) is 18.8. The lowest BCUT2D eigenvalue weighted by Crippen LogP contribution is -2.48. The number of benzene rings is 1. The number of methoxy groups -OCH3 is 1. The highest BCUT2D eigenvalue weighted by molar-refractivity contribution is 6.31. The summed E-state index contributed by atoms with van der Waals surface area (Å²) in [6.07, 6.45) is 2.14. The Morgan fingerprint density at radius 2 is 2.15 bits per heavy atom. The third kappa shape index (κ3) is 2.77. The summed E-state index contributed by atoms with van der Waals surface area (Å²) in [4.78, 5) is 25.5. The highest BCUT2D eigenvalue weighted by atomic mass is 35.5. The molecule has 1 aromatic rings. The van der Waals surface area contributed by atoms with E-state index in [-0.39, 0.29) is 10.6 Å². The lowest BCUT2D eigenvalue weighted by Gasteiger charge is -2.33. The highest BCUT2D eigenvalue weighted by Crippen LogP contribution is 2.24. The van der Waals surface area contributed by atoms with Crippen LogP contribution in [0.4, 0.5) is 4.39 Å². The van der Waals surface area contributed by atoms with Crippen LogP contribution in [0.2, 0.25) is 5.02 Å². The van der Waals surface area contributed by atoms with Gasteiger partial charge in [-0.25, -0.2) is 9.18 Å². The predicted molar refractivity (Wildman–Crippen MR) is 72.1 cm³/mol. The fourth-order valence-electron chi connectivity index (χ4n) is 2.38. The molecule has 1 aromatic carbocycles. The number of ether oxygens (including phenoxy) is 1. The quantitative estimate of drug-likeness (QED) is 0.789. The maximum Gasteiger partial charge on any atom is 0.328 e. The Bertz CT molecular complexity index is 535. The van der Waals surface area contributed by atoms with Crippen LogP contribution in [0.25, 0.3) is 0 Å². The van der Waals surface area contributed by atoms with Crippen LogP contribution >= 0.6 is 11.6 Å². The van der Waals surface area contributed by atoms with Gasteiger partial charge in [0, 0.05) is 6.54 Å². The molecule has 1 saturated heterocycles. The van der Waals surface area contributed by atoms with Gasteiger partial charge in [-0.3, -0.25) is 4.79 Å². The van der Waals surface area contributed by atoms with Crippen LogP contribution < -0.4 is 0 Å². The average Bonchev–Trinajstić information content (AvgIpc) is 2.48. The summed E-state index contributed by atoms with van der Waals surface area (Å²) in [5.41, 5.74) is -0.117. The largest absolute Gasteiger partial charge is 0.467 e. The van der Waals surface area contributed by atoms with Crippen molar-refractivity contribution in [1.82, 2.24) is 4.90 Å². The van der Waals surface area contributed by atoms with E-state index >= 15 is 0 Å². The van der Waals surface area contributed by atoms with Crippen LogP contribution in [-0.4, -0.2) is 36.5 Å². The van der Waals surface area contributed by atoms with Gasteiger partial charge >= 0.3 is 5.97 Å². The summed E-state index contributed by atoms with van der Waals surface area (Å²) >= 11 is 5.69. The zero-order chi connectivity index (χ0) is 14.7. The molecule has 0 bridgehead atoms. The van der Waals surface area contributed by atoms with Crippen molar-refractivity contribution in [2.75, 3.05) is 13.7 Å². The van der Waals surface area contributed by atoms with Crippen LogP contribution in [0.3, 0.4) is 0 Å². The Balaban J connectivity index is 2.30. The molecule has 1 atom stereocenters. The number of hydrogen-bond donors (Lipinski definition) is 0. The Hall–Kier alpha value is -1.62. The van der Waals surface area contributed by atoms with Crippen LogP contribution in [0.5, 0.6) is 0 Å². The second-order valence-electron chi connectivity index (χ2n) is 4.63. The van der Waals surface area contributed by atoms with Crippen LogP contribution in [0, 0.1) is 5.82 Å². The number of likely N-dealkylation sites (tertiary alicyclic amines) is 1. The summed E-state index contributed by atoms with van der Waals surface area (Å²) in [6.45, 7) is 0.407. The smallest absolute Gasteiger partial charge is 0.328 e. The van der Waals surface area contributed by atoms with Gasteiger partial charge in [-0.05, 0) is 31.4 Å². The fourth-order valence-corrected chi connectivity index (χ4v) is 2.55. The highest BCUT2D eigenvalue weighted by Gasteiger charge is 2.34. The molecule has 108 valence electrons. The standard InChI is InChI=1S/C14H15ClFNO3/c1-20-14(19)11-7-2-3-8-17(11)13(18)9-5-4-6-10(15)12(9)16/h4-6,11H,2-3,7-8H2,1H3/t11-/m1/s1. The van der Waals surface area contributed by atoms with Gasteiger partial charge in [0.25, 0.3) is 5.91 Å². The van der Waals surface area contributed by atoms with Gasteiger partial charge in [-0.2, -0.15) is 0 Å². The average molecular weight is 300 g/mol. The SMILES string of the molecule is COC(=O)[C@H]1CCCCN1C(=O)c1cccc(Cl)c1F. The van der Waals surface area contributed by atoms with Crippen LogP contribution in [0.15, 0.2) is 18.2 Å². The molecule has 0 spiro atoms. The molecule has 1 amide bonds. The molecule has 1 fully saturated rings. The number of carbonyl (C=O) groups excluding carboxylic acids is 2. The van der Waals surface area contributed by atoms with Crippen molar-refractivity contribution in [3.8, 4) is 0 Å². The maximum atomic E-state index is 13.9. The number of rotatable bonds is 2. The number of halogens is 2. The molecule has 2 rings (SSSR count). The molecule has 0 aliphatic carbocycles. The van der Waals surface area contributed by atoms with E-state index in [9.17, 15) is 14.0 Å². The van der Waals surface area contributed by atoms with Crippen LogP contribution in [0.1, 0.15) is 29.6 Å². The van der Waals surface area contributed by atoms with E-state index in [0.29, 0.717) is 13.0 Å². The van der Waals surface area contributed by atoms with E-state index in [1.807, 2.05) is 0 Å². The molecule has 1 aliphatic rings. The molecule has 0 radical (unpaired) electrons. The molecule has 20 heavy (non-hydrogen) atoms. The number of carbonyl (C=O) groups is 2. The first-order valence-corrected chi connectivity index (χ1v) is 6.77. The van der Waals surface area contributed by atoms with E-state index in [1.54, 1.807) is 0 Å². The van der Waals surface area contributed by atoms with E-state index in [1.165, 1.54) is 30.2 Å². The minimum Gasteiger partial charge on any atom is -0.467 e. The first-order chi connectivity index (χ1) is 9.56. The Labute approximate surface area is 121 Å². The number of piperidine rings is 1. The Morgan fingerprint density at radius 1 is 1.40 bits per heavy atom. The molecule has 1 heterocycles. The Kier molecular flexibility index (Phi) is 4.60. The van der Waals surface area contributed by atoms with E-state index in [2.05, 4.69) is 0 Å². The van der Waals surface area contributed by atoms with E-state index in [4.69, 9.17) is 16.3 Å². The molecule has 1 aliphatic heterocycles. The summed E-state index contributed by atoms with van der Waals surface area (Å²) in [5.74, 6) is -1.76. The van der Waals surface area contributed by atoms with Crippen molar-refractivity contribution in [3.05, 3.63) is 34.6 Å². The minimum atomic E-state index is -0.756. The van der Waals surface area contributed by atoms with E-state index < -0.39 is 23.7 Å². The molecule has 4 nitrogen and oxygen atoms in total. The molecule has 0 N–H and O–H groups in total. The summed E-state index contributed by atoms with van der Waals surface area (Å²) in [7, 11) is 1.28. The Morgan fingerprint density at radius 3 is 2.85 bits per heavy atom. The van der Waals surface area contributed by atoms with Gasteiger partial charge in [0.2, 0.25) is 0 Å². The molecule has 6 heteroatoms. The van der Waals surface area contributed by atoms with E-state index in [0.717, 1.165) is 12.8 Å². The molecular formula is C14H15ClFNO3. The van der Waals surface area contributed by atoms with Gasteiger partial charge in [-0.1, -0.05) is 17.7 Å². The molecule has 0 saturated carbocycles. The van der Waals surface area contributed by atoms with Crippen LogP contribution in [-0.2, 0) is 9.53 Å². The second-order valence-corrected chi connectivity index (χ2v) is 5.04. The zero-order valence-corrected chi connectivity index (χ0v) is 11.8. The van der Waals surface area contributed by atoms with Gasteiger partial charge in [0.15, 0.2) is 5.82 Å². The summed E-state index contributed by atoms with van der Waals surface area (Å²) in [6, 6.07) is 3.60. The van der Waals surface area contributed by atoms with Gasteiger partial charge < -0.3 is 9.64 Å². The predicted octanol–water partition coefficient (Wildman–Crippen LogP) is 2.65. The molecule has 0 unspecified atom stereocenters. The lowest BCUT2D eigenvalue weighted by atomic mass is 10.0. The first kappa shape index (κ1) is 14.8. The fraction of sp³-hybridized carbons (Fsp3) is 0.429. The van der Waals surface area contributed by atoms with Crippen molar-refractivity contribution in [2.24, 2.45) is 0 Å². The molecular weight excluding hydrogens is 285 g/mol. The van der Waals surface area contributed by atoms with Gasteiger partial charge in [0.05, 0.1) is 17.7 Å². The monoisotopic (exact) mass is 299 g/mol. The molecule has 0 aromatic heterocycles. The number of amides is 1. The second kappa shape index (κ2) is 6.22. The van der Waals surface area contributed by atoms with Crippen molar-refractivity contribution >= 4 is 23.5 Å². The first-order valence-electron chi connectivity index (χ1n) is 6.39. The topological polar surface area (TPSA) is 46.6 Å². The number of esters is 1. The minimum absolute atomic E-state index is 0.109. The summed E-state index contributed by atoms with van der Waals surface area (Å²) in [5, 5.41) is -0.109. The number of nitrogens with zero attached hydrogens (tertiary/aromatic N) is 1. The zero-order valence-electron chi connectivity index (χ0n) is 11.1. The third-order valence-electron chi connectivity index (χ3n) is 3.42.